The van der Waals surface area contributed by atoms with E-state index in [0.29, 0.717) is 36.7 Å². The molecule has 3 aromatic carbocycles. The Morgan fingerprint density at radius 1 is 1.12 bits per heavy atom. The van der Waals surface area contributed by atoms with Crippen LogP contribution in [0.3, 0.4) is 0 Å². The molecule has 7 heteroatoms. The van der Waals surface area contributed by atoms with Gasteiger partial charge in [0, 0.05) is 17.8 Å². The van der Waals surface area contributed by atoms with Gasteiger partial charge in [-0.2, -0.15) is 0 Å². The van der Waals surface area contributed by atoms with E-state index in [1.165, 1.54) is 24.3 Å². The molecule has 0 bridgehead atoms. The number of ether oxygens (including phenoxy) is 2. The molecule has 0 saturated heterocycles. The second-order valence-corrected chi connectivity index (χ2v) is 7.50. The molecule has 1 aliphatic rings. The predicted molar refractivity (Wildman–Crippen MR) is 120 cm³/mol. The Kier molecular flexibility index (Phi) is 6.35. The summed E-state index contributed by atoms with van der Waals surface area (Å²) < 4.78 is 24.7. The molecule has 164 valence electrons. The average molecular weight is 434 g/mol. The van der Waals surface area contributed by atoms with Gasteiger partial charge in [-0.05, 0) is 67.4 Å². The smallest absolute Gasteiger partial charge is 0.265 e. The van der Waals surface area contributed by atoms with Gasteiger partial charge in [-0.25, -0.2) is 4.39 Å². The first-order chi connectivity index (χ1) is 15.5. The van der Waals surface area contributed by atoms with Crippen LogP contribution < -0.4 is 19.7 Å². The average Bonchev–Trinajstić information content (AvgIpc) is 2.78. The molecule has 4 rings (SSSR count). The van der Waals surface area contributed by atoms with E-state index in [9.17, 15) is 14.0 Å². The highest BCUT2D eigenvalue weighted by molar-refractivity contribution is 6.05. The van der Waals surface area contributed by atoms with E-state index in [1.807, 2.05) is 31.2 Å². The Labute approximate surface area is 185 Å². The van der Waals surface area contributed by atoms with Crippen LogP contribution in [-0.2, 0) is 4.79 Å². The summed E-state index contributed by atoms with van der Waals surface area (Å²) in [4.78, 5) is 26.6. The molecule has 0 spiro atoms. The lowest BCUT2D eigenvalue weighted by atomic mass is 10.1. The normalized spacial score (nSPS) is 12.7. The first kappa shape index (κ1) is 21.4. The Bertz CT molecular complexity index is 1150. The topological polar surface area (TPSA) is 67.9 Å². The molecule has 0 saturated carbocycles. The van der Waals surface area contributed by atoms with Crippen LogP contribution in [0.15, 0.2) is 66.7 Å². The van der Waals surface area contributed by atoms with Gasteiger partial charge in [0.2, 0.25) is 0 Å². The Morgan fingerprint density at radius 3 is 2.78 bits per heavy atom. The molecule has 1 aliphatic heterocycles. The summed E-state index contributed by atoms with van der Waals surface area (Å²) in [5.41, 5.74) is 2.39. The van der Waals surface area contributed by atoms with E-state index in [2.05, 4.69) is 5.32 Å². The monoisotopic (exact) mass is 434 g/mol. The molecular formula is C25H23FN2O4. The van der Waals surface area contributed by atoms with E-state index in [1.54, 1.807) is 23.1 Å². The minimum absolute atomic E-state index is 0.0409. The summed E-state index contributed by atoms with van der Waals surface area (Å²) in [7, 11) is 0. The molecule has 1 heterocycles. The maximum absolute atomic E-state index is 13.4. The lowest BCUT2D eigenvalue weighted by molar-refractivity contribution is -0.121. The molecule has 0 aromatic heterocycles. The first-order valence-electron chi connectivity index (χ1n) is 10.3. The van der Waals surface area contributed by atoms with E-state index >= 15 is 0 Å². The lowest BCUT2D eigenvalue weighted by Gasteiger charge is -2.30. The number of carbonyl (C=O) groups excluding carboxylic acids is 2. The van der Waals surface area contributed by atoms with Crippen molar-refractivity contribution in [3.8, 4) is 11.5 Å². The van der Waals surface area contributed by atoms with E-state index in [-0.39, 0.29) is 18.1 Å². The van der Waals surface area contributed by atoms with Crippen molar-refractivity contribution in [2.45, 2.75) is 13.3 Å². The maximum Gasteiger partial charge on any atom is 0.265 e. The van der Waals surface area contributed by atoms with Crippen molar-refractivity contribution < 1.29 is 23.5 Å². The fourth-order valence-electron chi connectivity index (χ4n) is 3.48. The van der Waals surface area contributed by atoms with Crippen LogP contribution in [0.4, 0.5) is 15.8 Å². The van der Waals surface area contributed by atoms with Crippen molar-refractivity contribution in [3.05, 3.63) is 83.7 Å². The second-order valence-electron chi connectivity index (χ2n) is 7.50. The van der Waals surface area contributed by atoms with Gasteiger partial charge >= 0.3 is 0 Å². The molecular weight excluding hydrogens is 411 g/mol. The number of fused-ring (bicyclic) bond motifs is 1. The van der Waals surface area contributed by atoms with E-state index < -0.39 is 11.7 Å². The molecule has 32 heavy (non-hydrogen) atoms. The van der Waals surface area contributed by atoms with E-state index in [4.69, 9.17) is 9.47 Å². The fraction of sp³-hybridized carbons (Fsp3) is 0.200. The van der Waals surface area contributed by atoms with Crippen LogP contribution >= 0.6 is 0 Å². The summed E-state index contributed by atoms with van der Waals surface area (Å²) in [5.74, 6) is 0.266. The van der Waals surface area contributed by atoms with Gasteiger partial charge < -0.3 is 19.7 Å². The predicted octanol–water partition coefficient (Wildman–Crippen LogP) is 4.58. The van der Waals surface area contributed by atoms with Crippen LogP contribution in [0.1, 0.15) is 22.3 Å². The molecule has 1 N–H and O–H groups in total. The fourth-order valence-corrected chi connectivity index (χ4v) is 3.48. The Morgan fingerprint density at radius 2 is 1.97 bits per heavy atom. The van der Waals surface area contributed by atoms with Crippen molar-refractivity contribution >= 4 is 23.2 Å². The minimum atomic E-state index is -0.485. The highest BCUT2D eigenvalue weighted by Gasteiger charge is 2.25. The van der Waals surface area contributed by atoms with Gasteiger partial charge in [0.15, 0.2) is 6.61 Å². The lowest BCUT2D eigenvalue weighted by Crippen LogP contribution is -2.39. The zero-order chi connectivity index (χ0) is 22.5. The van der Waals surface area contributed by atoms with Gasteiger partial charge in [0.05, 0.1) is 12.3 Å². The maximum atomic E-state index is 13.4. The summed E-state index contributed by atoms with van der Waals surface area (Å²) in [5, 5.41) is 2.74. The number of aryl methyl sites for hydroxylation is 1. The van der Waals surface area contributed by atoms with Crippen molar-refractivity contribution in [1.82, 2.24) is 0 Å². The number of hydrogen-bond acceptors (Lipinski definition) is 4. The number of benzene rings is 3. The number of amides is 2. The van der Waals surface area contributed by atoms with Crippen LogP contribution in [0.5, 0.6) is 11.5 Å². The molecule has 0 unspecified atom stereocenters. The zero-order valence-electron chi connectivity index (χ0n) is 17.6. The third-order valence-electron chi connectivity index (χ3n) is 5.03. The van der Waals surface area contributed by atoms with Crippen molar-refractivity contribution in [3.63, 3.8) is 0 Å². The van der Waals surface area contributed by atoms with Gasteiger partial charge in [-0.3, -0.25) is 9.59 Å². The number of nitrogens with zero attached hydrogens (tertiary/aromatic N) is 1. The molecule has 0 atom stereocenters. The quantitative estimate of drug-likeness (QED) is 0.553. The SMILES string of the molecule is Cc1cccc(OCCCN2C(=O)COc3ccc(NC(=O)c4cccc(F)c4)cc32)c1. The number of nitrogens with one attached hydrogen (secondary N) is 1. The second kappa shape index (κ2) is 9.51. The zero-order valence-corrected chi connectivity index (χ0v) is 17.6. The van der Waals surface area contributed by atoms with Crippen molar-refractivity contribution in [2.75, 3.05) is 30.0 Å². The molecule has 0 aliphatic carbocycles. The summed E-state index contributed by atoms with van der Waals surface area (Å²) in [6.45, 7) is 2.86. The third kappa shape index (κ3) is 5.06. The van der Waals surface area contributed by atoms with Crippen LogP contribution in [0.2, 0.25) is 0 Å². The van der Waals surface area contributed by atoms with Crippen LogP contribution in [0.25, 0.3) is 0 Å². The van der Waals surface area contributed by atoms with Gasteiger partial charge in [-0.1, -0.05) is 18.2 Å². The molecule has 3 aromatic rings. The third-order valence-corrected chi connectivity index (χ3v) is 5.03. The highest BCUT2D eigenvalue weighted by Crippen LogP contribution is 2.35. The molecule has 0 fully saturated rings. The van der Waals surface area contributed by atoms with Crippen molar-refractivity contribution in [2.24, 2.45) is 0 Å². The summed E-state index contributed by atoms with van der Waals surface area (Å²) >= 11 is 0. The summed E-state index contributed by atoms with van der Waals surface area (Å²) in [6.07, 6.45) is 0.624. The standard InChI is InChI=1S/C25H23FN2O4/c1-17-5-2-8-21(13-17)31-12-4-11-28-22-15-20(9-10-23(22)32-16-24(28)29)27-25(30)18-6-3-7-19(26)14-18/h2-3,5-10,13-15H,4,11-12,16H2,1H3,(H,27,30). The number of rotatable bonds is 7. The summed E-state index contributed by atoms with van der Waals surface area (Å²) in [6, 6.07) is 18.3. The van der Waals surface area contributed by atoms with Crippen molar-refractivity contribution in [1.29, 1.82) is 0 Å². The highest BCUT2D eigenvalue weighted by atomic mass is 19.1. The number of carbonyl (C=O) groups is 2. The van der Waals surface area contributed by atoms with Gasteiger partial charge in [0.1, 0.15) is 17.3 Å². The Hall–Kier alpha value is -3.87. The molecule has 6 nitrogen and oxygen atoms in total. The molecule has 0 radical (unpaired) electrons. The Balaban J connectivity index is 1.43. The molecule has 2 amide bonds. The largest absolute Gasteiger partial charge is 0.494 e. The number of halogens is 1. The minimum Gasteiger partial charge on any atom is -0.494 e. The number of hydrogen-bond donors (Lipinski definition) is 1. The van der Waals surface area contributed by atoms with Crippen LogP contribution in [-0.4, -0.2) is 31.6 Å². The first-order valence-corrected chi connectivity index (χ1v) is 10.3. The van der Waals surface area contributed by atoms with Gasteiger partial charge in [0.25, 0.3) is 11.8 Å². The van der Waals surface area contributed by atoms with Gasteiger partial charge in [-0.15, -0.1) is 0 Å². The van der Waals surface area contributed by atoms with Crippen LogP contribution in [0, 0.1) is 12.7 Å². The van der Waals surface area contributed by atoms with E-state index in [0.717, 1.165) is 11.3 Å². The number of anilines is 2.